The summed E-state index contributed by atoms with van der Waals surface area (Å²) in [5.41, 5.74) is 1.43. The maximum atomic E-state index is 10.5. The first-order valence-electron chi connectivity index (χ1n) is 16.3. The molecule has 0 amide bonds. The summed E-state index contributed by atoms with van der Waals surface area (Å²) in [4.78, 5) is 10.5. The van der Waals surface area contributed by atoms with Gasteiger partial charge < -0.3 is 24.8 Å². The second-order valence-electron chi connectivity index (χ2n) is 10.8. The van der Waals surface area contributed by atoms with Gasteiger partial charge in [-0.25, -0.2) is 0 Å². The third-order valence-corrected chi connectivity index (χ3v) is 6.86. The Labute approximate surface area is 263 Å². The Morgan fingerprint density at radius 2 is 1.47 bits per heavy atom. The standard InChI is InChI=1S/C23H32O2.2C6H14O2.C2H2/c24-23(25)19-10-2-1-8-15-21-17-11-18-22(21)16-9-4-7-14-20-12-5-3-6-13-20;2*1-3-4-5-8-6(2)7;1-2/h1,3,5-6,8-9,12-13,16,21-22H,2,4,7,10-11,14-15,17-19H2,(H,24,25);2*6-7H,3-5H2,1-2H3;1-2H/b8-1-,16-9+;;;/t21-,22-;;;/m0.../s1. The Hall–Kier alpha value is -2.43. The topological polar surface area (TPSA) is 96.2 Å². The summed E-state index contributed by atoms with van der Waals surface area (Å²) in [7, 11) is 0. The lowest BCUT2D eigenvalue weighted by Crippen LogP contribution is -2.06. The van der Waals surface area contributed by atoms with Crippen LogP contribution < -0.4 is 0 Å². The van der Waals surface area contributed by atoms with Gasteiger partial charge in [0.05, 0.1) is 0 Å². The Morgan fingerprint density at radius 3 is 2.00 bits per heavy atom. The van der Waals surface area contributed by atoms with E-state index in [1.54, 1.807) is 13.8 Å². The van der Waals surface area contributed by atoms with Crippen LogP contribution in [0.3, 0.4) is 0 Å². The van der Waals surface area contributed by atoms with Crippen molar-refractivity contribution < 1.29 is 29.6 Å². The minimum Gasteiger partial charge on any atom is -0.481 e. The van der Waals surface area contributed by atoms with Gasteiger partial charge in [0.1, 0.15) is 0 Å². The molecular weight excluding hydrogens is 540 g/mol. The van der Waals surface area contributed by atoms with Crippen molar-refractivity contribution in [2.45, 2.75) is 130 Å². The van der Waals surface area contributed by atoms with E-state index in [1.165, 1.54) is 44.1 Å². The van der Waals surface area contributed by atoms with Gasteiger partial charge in [0, 0.05) is 19.6 Å². The fourth-order valence-electron chi connectivity index (χ4n) is 4.51. The molecule has 6 nitrogen and oxygen atoms in total. The zero-order chi connectivity index (χ0) is 32.6. The number of unbranched alkanes of at least 4 members (excludes halogenated alkanes) is 4. The number of ether oxygens (including phenoxy) is 2. The first-order valence-corrected chi connectivity index (χ1v) is 16.3. The molecule has 0 heterocycles. The molecular formula is C37H62O6. The molecule has 0 spiro atoms. The van der Waals surface area contributed by atoms with Crippen molar-refractivity contribution in [3.05, 3.63) is 60.2 Å². The predicted molar refractivity (Wildman–Crippen MR) is 180 cm³/mol. The Bertz CT molecular complexity index is 786. The molecule has 1 aliphatic rings. The van der Waals surface area contributed by atoms with E-state index >= 15 is 0 Å². The third-order valence-electron chi connectivity index (χ3n) is 6.86. The van der Waals surface area contributed by atoms with Crippen molar-refractivity contribution in [2.75, 3.05) is 13.2 Å². The van der Waals surface area contributed by atoms with E-state index < -0.39 is 18.5 Å². The molecule has 0 bridgehead atoms. The lowest BCUT2D eigenvalue weighted by atomic mass is 9.92. The lowest BCUT2D eigenvalue weighted by Gasteiger charge is -2.14. The highest BCUT2D eigenvalue weighted by Gasteiger charge is 2.23. The van der Waals surface area contributed by atoms with Crippen LogP contribution in [0.2, 0.25) is 0 Å². The molecule has 43 heavy (non-hydrogen) atoms. The zero-order valence-electron chi connectivity index (χ0n) is 27.5. The molecule has 3 N–H and O–H groups in total. The van der Waals surface area contributed by atoms with Gasteiger partial charge in [0.2, 0.25) is 0 Å². The number of benzene rings is 1. The number of hydrogen-bond donors (Lipinski definition) is 3. The highest BCUT2D eigenvalue weighted by atomic mass is 16.6. The fourth-order valence-corrected chi connectivity index (χ4v) is 4.51. The number of terminal acetylenes is 1. The van der Waals surface area contributed by atoms with E-state index in [2.05, 4.69) is 81.3 Å². The molecule has 1 saturated carbocycles. The quantitative estimate of drug-likeness (QED) is 0.0634. The van der Waals surface area contributed by atoms with Crippen LogP contribution in [0.25, 0.3) is 0 Å². The van der Waals surface area contributed by atoms with E-state index in [0.717, 1.165) is 56.8 Å². The Kier molecular flexibility index (Phi) is 32.3. The van der Waals surface area contributed by atoms with E-state index in [0.29, 0.717) is 13.2 Å². The average molecular weight is 603 g/mol. The largest absolute Gasteiger partial charge is 0.481 e. The molecule has 0 aromatic heterocycles. The van der Waals surface area contributed by atoms with Crippen molar-refractivity contribution in [1.82, 2.24) is 0 Å². The fraction of sp³-hybridized carbons (Fsp3) is 0.649. The number of aliphatic carboxylic acids is 1. The summed E-state index contributed by atoms with van der Waals surface area (Å²) in [6.45, 7) is 8.77. The van der Waals surface area contributed by atoms with Gasteiger partial charge in [-0.2, -0.15) is 0 Å². The summed E-state index contributed by atoms with van der Waals surface area (Å²) in [6.07, 6.45) is 31.0. The molecule has 1 aromatic carbocycles. The number of rotatable bonds is 19. The summed E-state index contributed by atoms with van der Waals surface area (Å²) >= 11 is 0. The second kappa shape index (κ2) is 32.5. The predicted octanol–water partition coefficient (Wildman–Crippen LogP) is 8.72. The van der Waals surface area contributed by atoms with Crippen molar-refractivity contribution in [2.24, 2.45) is 11.8 Å². The highest BCUT2D eigenvalue weighted by molar-refractivity contribution is 5.66. The molecule has 6 heteroatoms. The van der Waals surface area contributed by atoms with E-state index in [-0.39, 0.29) is 6.42 Å². The first kappa shape index (κ1) is 42.7. The maximum Gasteiger partial charge on any atom is 0.303 e. The van der Waals surface area contributed by atoms with Gasteiger partial charge in [0.25, 0.3) is 0 Å². The van der Waals surface area contributed by atoms with E-state index in [1.807, 2.05) is 0 Å². The second-order valence-corrected chi connectivity index (χ2v) is 10.8. The van der Waals surface area contributed by atoms with Gasteiger partial charge in [0.15, 0.2) is 12.6 Å². The number of allylic oxidation sites excluding steroid dienone is 4. The molecule has 0 saturated heterocycles. The number of carbonyl (C=O) groups is 1. The maximum absolute atomic E-state index is 10.5. The summed E-state index contributed by atoms with van der Waals surface area (Å²) in [5.74, 6) is 0.822. The number of aliphatic hydroxyl groups excluding tert-OH is 2. The summed E-state index contributed by atoms with van der Waals surface area (Å²) in [6, 6.07) is 10.7. The smallest absolute Gasteiger partial charge is 0.303 e. The Morgan fingerprint density at radius 1 is 0.884 bits per heavy atom. The van der Waals surface area contributed by atoms with Crippen LogP contribution in [0.1, 0.15) is 117 Å². The molecule has 2 unspecified atom stereocenters. The minimum atomic E-state index is -0.693. The van der Waals surface area contributed by atoms with Gasteiger partial charge in [-0.15, -0.1) is 12.8 Å². The van der Waals surface area contributed by atoms with Crippen molar-refractivity contribution >= 4 is 5.97 Å². The molecule has 2 rings (SSSR count). The molecule has 0 aliphatic heterocycles. The summed E-state index contributed by atoms with van der Waals surface area (Å²) in [5, 5.41) is 25.7. The van der Waals surface area contributed by atoms with Crippen LogP contribution >= 0.6 is 0 Å². The molecule has 1 fully saturated rings. The van der Waals surface area contributed by atoms with Crippen molar-refractivity contribution in [3.8, 4) is 12.8 Å². The van der Waals surface area contributed by atoms with Crippen LogP contribution in [0.5, 0.6) is 0 Å². The summed E-state index contributed by atoms with van der Waals surface area (Å²) < 4.78 is 9.68. The van der Waals surface area contributed by atoms with Crippen molar-refractivity contribution in [1.29, 1.82) is 0 Å². The Balaban J connectivity index is 0. The average Bonchev–Trinajstić information content (AvgIpc) is 3.44. The molecule has 246 valence electrons. The van der Waals surface area contributed by atoms with E-state index in [4.69, 9.17) is 24.8 Å². The highest BCUT2D eigenvalue weighted by Crippen LogP contribution is 2.35. The zero-order valence-corrected chi connectivity index (χ0v) is 27.5. The van der Waals surface area contributed by atoms with E-state index in [9.17, 15) is 4.79 Å². The monoisotopic (exact) mass is 602 g/mol. The molecule has 4 atom stereocenters. The van der Waals surface area contributed by atoms with Crippen LogP contribution in [0, 0.1) is 24.7 Å². The number of aliphatic hydroxyl groups is 2. The molecule has 0 radical (unpaired) electrons. The van der Waals surface area contributed by atoms with Gasteiger partial charge in [-0.3, -0.25) is 4.79 Å². The van der Waals surface area contributed by atoms with Crippen LogP contribution in [-0.4, -0.2) is 47.1 Å². The van der Waals surface area contributed by atoms with Gasteiger partial charge in [-0.1, -0.05) is 87.7 Å². The van der Waals surface area contributed by atoms with Crippen molar-refractivity contribution in [3.63, 3.8) is 0 Å². The van der Waals surface area contributed by atoms with Crippen LogP contribution in [0.15, 0.2) is 54.6 Å². The minimum absolute atomic E-state index is 0.280. The SMILES string of the molecule is C#C.CCCCOC(C)O.CCCCOC(C)O.O=C(O)CCC/C=C\C[C@H]1CCC[C@@H]1/C=C/CCCc1ccccc1. The van der Waals surface area contributed by atoms with Gasteiger partial charge in [-0.05, 0) is 95.5 Å². The number of hydrogen-bond acceptors (Lipinski definition) is 5. The number of aryl methyl sites for hydroxylation is 1. The lowest BCUT2D eigenvalue weighted by molar-refractivity contribution is -0.137. The van der Waals surface area contributed by atoms with Crippen LogP contribution in [0.4, 0.5) is 0 Å². The molecule has 1 aromatic rings. The number of carboxylic acid groups (broad SMARTS) is 1. The third kappa shape index (κ3) is 30.8. The normalized spacial score (nSPS) is 17.2. The van der Waals surface area contributed by atoms with Gasteiger partial charge >= 0.3 is 5.97 Å². The van der Waals surface area contributed by atoms with Crippen LogP contribution in [-0.2, 0) is 20.7 Å². The number of carboxylic acids is 1. The first-order chi connectivity index (χ1) is 20.8. The molecule has 1 aliphatic carbocycles.